The van der Waals surface area contributed by atoms with Gasteiger partial charge in [0.25, 0.3) is 5.91 Å². The minimum atomic E-state index is -0.768. The lowest BCUT2D eigenvalue weighted by molar-refractivity contribution is 0.0157. The van der Waals surface area contributed by atoms with E-state index in [4.69, 9.17) is 17.3 Å². The van der Waals surface area contributed by atoms with E-state index in [1.54, 1.807) is 7.05 Å². The van der Waals surface area contributed by atoms with Crippen molar-refractivity contribution in [1.82, 2.24) is 9.88 Å². The second-order valence-electron chi connectivity index (χ2n) is 5.19. The van der Waals surface area contributed by atoms with Gasteiger partial charge in [0.1, 0.15) is 5.15 Å². The average molecular weight is 284 g/mol. The minimum Gasteiger partial charge on any atom is -0.397 e. The summed E-state index contributed by atoms with van der Waals surface area (Å²) in [6.45, 7) is 0.311. The quantitative estimate of drug-likeness (QED) is 0.828. The number of carbonyl (C=O) groups excluding carboxylic acids is 1. The van der Waals surface area contributed by atoms with Gasteiger partial charge in [0.15, 0.2) is 0 Å². The topological polar surface area (TPSA) is 79.5 Å². The molecular weight excluding hydrogens is 266 g/mol. The molecule has 0 unspecified atom stereocenters. The van der Waals surface area contributed by atoms with Crippen molar-refractivity contribution in [2.75, 3.05) is 19.3 Å². The number of pyridine rings is 1. The Kier molecular flexibility index (Phi) is 3.96. The molecule has 2 rings (SSSR count). The summed E-state index contributed by atoms with van der Waals surface area (Å²) in [7, 11) is 1.66. The summed E-state index contributed by atoms with van der Waals surface area (Å²) in [5, 5.41) is 10.5. The molecular formula is C13H18ClN3O2. The van der Waals surface area contributed by atoms with Gasteiger partial charge in [-0.1, -0.05) is 24.4 Å². The first kappa shape index (κ1) is 14.1. The fourth-order valence-electron chi connectivity index (χ4n) is 2.54. The normalized spacial score (nSPS) is 17.4. The molecule has 5 nitrogen and oxygen atoms in total. The molecule has 0 radical (unpaired) electrons. The molecule has 0 spiro atoms. The summed E-state index contributed by atoms with van der Waals surface area (Å²) in [6, 6.07) is 1.45. The number of rotatable bonds is 3. The fourth-order valence-corrected chi connectivity index (χ4v) is 2.69. The third-order valence-electron chi connectivity index (χ3n) is 3.54. The van der Waals surface area contributed by atoms with Crippen LogP contribution >= 0.6 is 11.6 Å². The zero-order valence-corrected chi connectivity index (χ0v) is 11.7. The second kappa shape index (κ2) is 5.35. The fraction of sp³-hybridized carbons (Fsp3) is 0.538. The smallest absolute Gasteiger partial charge is 0.255 e. The van der Waals surface area contributed by atoms with Gasteiger partial charge in [-0.05, 0) is 18.9 Å². The monoisotopic (exact) mass is 283 g/mol. The molecule has 1 saturated carbocycles. The molecule has 1 amide bonds. The molecule has 1 aliphatic rings. The first-order valence-electron chi connectivity index (χ1n) is 6.30. The van der Waals surface area contributed by atoms with Crippen LogP contribution in [0.4, 0.5) is 5.69 Å². The number of aromatic nitrogens is 1. The lowest BCUT2D eigenvalue weighted by Gasteiger charge is -2.28. The largest absolute Gasteiger partial charge is 0.397 e. The summed E-state index contributed by atoms with van der Waals surface area (Å²) >= 11 is 5.78. The van der Waals surface area contributed by atoms with Crippen LogP contribution in [0.2, 0.25) is 5.15 Å². The van der Waals surface area contributed by atoms with Crippen molar-refractivity contribution < 1.29 is 9.90 Å². The molecule has 1 aliphatic carbocycles. The predicted octanol–water partition coefficient (Wildman–Crippen LogP) is 1.69. The number of likely N-dealkylation sites (N-methyl/N-ethyl adjacent to an activating group) is 1. The van der Waals surface area contributed by atoms with Crippen LogP contribution in [0.25, 0.3) is 0 Å². The van der Waals surface area contributed by atoms with Crippen molar-refractivity contribution in [3.63, 3.8) is 0 Å². The Morgan fingerprint density at radius 2 is 2.21 bits per heavy atom. The van der Waals surface area contributed by atoms with Crippen molar-refractivity contribution in [1.29, 1.82) is 0 Å². The van der Waals surface area contributed by atoms with Gasteiger partial charge in [0, 0.05) is 13.6 Å². The number of hydrogen-bond donors (Lipinski definition) is 2. The average Bonchev–Trinajstić information content (AvgIpc) is 2.78. The SMILES string of the molecule is CN(CC1(O)CCCC1)C(=O)c1cc(Cl)ncc1N. The highest BCUT2D eigenvalue weighted by Crippen LogP contribution is 2.30. The lowest BCUT2D eigenvalue weighted by atomic mass is 10.0. The van der Waals surface area contributed by atoms with Gasteiger partial charge in [-0.15, -0.1) is 0 Å². The third-order valence-corrected chi connectivity index (χ3v) is 3.75. The zero-order valence-electron chi connectivity index (χ0n) is 10.9. The van der Waals surface area contributed by atoms with E-state index in [-0.39, 0.29) is 11.1 Å². The van der Waals surface area contributed by atoms with Crippen LogP contribution in [0.3, 0.4) is 0 Å². The Morgan fingerprint density at radius 1 is 1.58 bits per heavy atom. The Morgan fingerprint density at radius 3 is 2.84 bits per heavy atom. The van der Waals surface area contributed by atoms with Crippen molar-refractivity contribution in [3.05, 3.63) is 23.0 Å². The van der Waals surface area contributed by atoms with Crippen LogP contribution in [0.15, 0.2) is 12.3 Å². The summed E-state index contributed by atoms with van der Waals surface area (Å²) in [5.41, 5.74) is 5.58. The van der Waals surface area contributed by atoms with E-state index in [1.165, 1.54) is 17.2 Å². The lowest BCUT2D eigenvalue weighted by Crippen LogP contribution is -2.42. The number of halogens is 1. The summed E-state index contributed by atoms with van der Waals surface area (Å²) in [5.74, 6) is -0.248. The van der Waals surface area contributed by atoms with E-state index >= 15 is 0 Å². The maximum atomic E-state index is 12.3. The Bertz CT molecular complexity index is 487. The van der Waals surface area contributed by atoms with Crippen LogP contribution in [0.5, 0.6) is 0 Å². The summed E-state index contributed by atoms with van der Waals surface area (Å²) in [6.07, 6.45) is 4.84. The molecule has 104 valence electrons. The molecule has 3 N–H and O–H groups in total. The maximum absolute atomic E-state index is 12.3. The van der Waals surface area contributed by atoms with Gasteiger partial charge >= 0.3 is 0 Å². The van der Waals surface area contributed by atoms with Crippen molar-refractivity contribution in [2.24, 2.45) is 0 Å². The first-order valence-corrected chi connectivity index (χ1v) is 6.68. The van der Waals surface area contributed by atoms with E-state index in [9.17, 15) is 9.90 Å². The highest BCUT2D eigenvalue weighted by atomic mass is 35.5. The van der Waals surface area contributed by atoms with Crippen LogP contribution in [0, 0.1) is 0 Å². The number of aliphatic hydroxyl groups is 1. The Labute approximate surface area is 117 Å². The number of nitrogens with two attached hydrogens (primary N) is 1. The zero-order chi connectivity index (χ0) is 14.0. The van der Waals surface area contributed by atoms with Crippen LogP contribution in [0.1, 0.15) is 36.0 Å². The highest BCUT2D eigenvalue weighted by Gasteiger charge is 2.33. The van der Waals surface area contributed by atoms with Crippen LogP contribution in [-0.2, 0) is 0 Å². The van der Waals surface area contributed by atoms with E-state index in [2.05, 4.69) is 4.98 Å². The first-order chi connectivity index (χ1) is 8.91. The number of anilines is 1. The molecule has 1 aromatic heterocycles. The standard InChI is InChI=1S/C13H18ClN3O2/c1-17(8-13(19)4-2-3-5-13)12(18)9-6-11(14)16-7-10(9)15/h6-7,19H,2-5,8,15H2,1H3. The number of carbonyl (C=O) groups is 1. The summed E-state index contributed by atoms with van der Waals surface area (Å²) in [4.78, 5) is 17.6. The highest BCUT2D eigenvalue weighted by molar-refractivity contribution is 6.29. The molecule has 19 heavy (non-hydrogen) atoms. The molecule has 0 saturated heterocycles. The second-order valence-corrected chi connectivity index (χ2v) is 5.57. The predicted molar refractivity (Wildman–Crippen MR) is 74.0 cm³/mol. The molecule has 1 fully saturated rings. The van der Waals surface area contributed by atoms with E-state index in [1.807, 2.05) is 0 Å². The van der Waals surface area contributed by atoms with E-state index in [0.29, 0.717) is 17.8 Å². The van der Waals surface area contributed by atoms with Gasteiger partial charge in [-0.3, -0.25) is 4.79 Å². The van der Waals surface area contributed by atoms with Crippen molar-refractivity contribution in [3.8, 4) is 0 Å². The Hall–Kier alpha value is -1.33. The maximum Gasteiger partial charge on any atom is 0.255 e. The molecule has 1 aromatic rings. The van der Waals surface area contributed by atoms with Gasteiger partial charge in [0.05, 0.1) is 23.0 Å². The van der Waals surface area contributed by atoms with Gasteiger partial charge < -0.3 is 15.7 Å². The molecule has 0 aliphatic heterocycles. The molecule has 0 bridgehead atoms. The number of nitrogens with zero attached hydrogens (tertiary/aromatic N) is 2. The third kappa shape index (κ3) is 3.16. The number of amides is 1. The Balaban J connectivity index is 2.12. The van der Waals surface area contributed by atoms with E-state index < -0.39 is 5.60 Å². The number of hydrogen-bond acceptors (Lipinski definition) is 4. The van der Waals surface area contributed by atoms with Gasteiger partial charge in [0.2, 0.25) is 0 Å². The molecule has 0 atom stereocenters. The van der Waals surface area contributed by atoms with Crippen LogP contribution < -0.4 is 5.73 Å². The van der Waals surface area contributed by atoms with E-state index in [0.717, 1.165) is 25.7 Å². The number of nitrogen functional groups attached to an aromatic ring is 1. The molecule has 0 aromatic carbocycles. The van der Waals surface area contributed by atoms with Crippen molar-refractivity contribution >= 4 is 23.2 Å². The minimum absolute atomic E-state index is 0.227. The van der Waals surface area contributed by atoms with Crippen LogP contribution in [-0.4, -0.2) is 40.1 Å². The molecule has 1 heterocycles. The van der Waals surface area contributed by atoms with Gasteiger partial charge in [-0.2, -0.15) is 0 Å². The van der Waals surface area contributed by atoms with Gasteiger partial charge in [-0.25, -0.2) is 4.98 Å². The molecule has 6 heteroatoms. The van der Waals surface area contributed by atoms with Crippen molar-refractivity contribution in [2.45, 2.75) is 31.3 Å². The summed E-state index contributed by atoms with van der Waals surface area (Å²) < 4.78 is 0.